The molecule has 7 nitrogen and oxygen atoms in total. The van der Waals surface area contributed by atoms with Crippen molar-refractivity contribution in [1.29, 1.82) is 0 Å². The quantitative estimate of drug-likeness (QED) is 0.811. The first kappa shape index (κ1) is 17.0. The van der Waals surface area contributed by atoms with Gasteiger partial charge in [0.15, 0.2) is 0 Å². The predicted octanol–water partition coefficient (Wildman–Crippen LogP) is 2.09. The summed E-state index contributed by atoms with van der Waals surface area (Å²) in [5.74, 6) is -1.49. The first-order chi connectivity index (χ1) is 9.77. The van der Waals surface area contributed by atoms with Gasteiger partial charge in [-0.1, -0.05) is 0 Å². The van der Waals surface area contributed by atoms with Gasteiger partial charge in [0.05, 0.1) is 19.1 Å². The number of aryl methyl sites for hydroxylation is 1. The molecule has 8 heteroatoms. The number of methoxy groups -OCH3 is 1. The average molecular weight is 314 g/mol. The number of carboxylic acids is 1. The summed E-state index contributed by atoms with van der Waals surface area (Å²) >= 11 is 1.21. The molecule has 0 aliphatic heterocycles. The highest BCUT2D eigenvalue weighted by Crippen LogP contribution is 2.32. The van der Waals surface area contributed by atoms with Crippen molar-refractivity contribution < 1.29 is 24.2 Å². The lowest BCUT2D eigenvalue weighted by Gasteiger charge is -2.17. The number of ether oxygens (including phenoxy) is 1. The van der Waals surface area contributed by atoms with Crippen molar-refractivity contribution >= 4 is 34.3 Å². The van der Waals surface area contributed by atoms with Crippen LogP contribution in [0, 0.1) is 13.8 Å². The Labute approximate surface area is 126 Å². The maximum atomic E-state index is 12.0. The van der Waals surface area contributed by atoms with Gasteiger partial charge in [-0.2, -0.15) is 0 Å². The molecule has 0 unspecified atom stereocenters. The molecular weight excluding hydrogens is 296 g/mol. The summed E-state index contributed by atoms with van der Waals surface area (Å²) in [6, 6.07) is -0.470. The lowest BCUT2D eigenvalue weighted by molar-refractivity contribution is -0.140. The van der Waals surface area contributed by atoms with Crippen LogP contribution in [0.4, 0.5) is 9.80 Å². The molecule has 0 aliphatic rings. The summed E-state index contributed by atoms with van der Waals surface area (Å²) in [6.45, 7) is 3.68. The third kappa shape index (κ3) is 4.19. The van der Waals surface area contributed by atoms with E-state index in [-0.39, 0.29) is 18.5 Å². The van der Waals surface area contributed by atoms with Crippen molar-refractivity contribution in [2.75, 3.05) is 26.0 Å². The monoisotopic (exact) mass is 314 g/mol. The molecule has 1 rings (SSSR count). The molecule has 0 spiro atoms. The Kier molecular flexibility index (Phi) is 5.71. The molecule has 0 atom stereocenters. The molecule has 1 aromatic rings. The molecule has 0 bridgehead atoms. The van der Waals surface area contributed by atoms with Gasteiger partial charge in [-0.15, -0.1) is 11.3 Å². The standard InChI is InChI=1S/C13H18N2O5S/c1-7-8(2)21-11(10(7)12(17)18)14-13(19)15(3)6-5-9(16)20-4/h5-6H2,1-4H3,(H,14,19)(H,17,18). The maximum Gasteiger partial charge on any atom is 0.338 e. The first-order valence-corrected chi connectivity index (χ1v) is 7.01. The number of hydrogen-bond donors (Lipinski definition) is 2. The van der Waals surface area contributed by atoms with Gasteiger partial charge in [0.1, 0.15) is 5.00 Å². The zero-order valence-electron chi connectivity index (χ0n) is 12.3. The fraction of sp³-hybridized carbons (Fsp3) is 0.462. The van der Waals surface area contributed by atoms with Gasteiger partial charge in [-0.05, 0) is 19.4 Å². The van der Waals surface area contributed by atoms with E-state index in [2.05, 4.69) is 10.1 Å². The molecule has 21 heavy (non-hydrogen) atoms. The smallest absolute Gasteiger partial charge is 0.338 e. The number of esters is 1. The SMILES string of the molecule is COC(=O)CCN(C)C(=O)Nc1sc(C)c(C)c1C(=O)O. The lowest BCUT2D eigenvalue weighted by Crippen LogP contribution is -2.33. The van der Waals surface area contributed by atoms with E-state index in [9.17, 15) is 19.5 Å². The molecule has 2 N–H and O–H groups in total. The van der Waals surface area contributed by atoms with Crippen molar-refractivity contribution in [2.24, 2.45) is 0 Å². The van der Waals surface area contributed by atoms with E-state index in [4.69, 9.17) is 0 Å². The number of carboxylic acid groups (broad SMARTS) is 1. The number of aromatic carboxylic acids is 1. The highest BCUT2D eigenvalue weighted by molar-refractivity contribution is 7.16. The Bertz CT molecular complexity index is 567. The zero-order chi connectivity index (χ0) is 16.2. The summed E-state index contributed by atoms with van der Waals surface area (Å²) in [5, 5.41) is 12.1. The molecule has 2 amide bonds. The van der Waals surface area contributed by atoms with Crippen LogP contribution in [0.15, 0.2) is 0 Å². The van der Waals surface area contributed by atoms with E-state index in [0.29, 0.717) is 10.6 Å². The fourth-order valence-corrected chi connectivity index (χ4v) is 2.67. The second kappa shape index (κ2) is 7.07. The van der Waals surface area contributed by atoms with E-state index >= 15 is 0 Å². The van der Waals surface area contributed by atoms with E-state index in [1.165, 1.54) is 30.4 Å². The fourth-order valence-electron chi connectivity index (χ4n) is 1.63. The van der Waals surface area contributed by atoms with Gasteiger partial charge in [0, 0.05) is 18.5 Å². The highest BCUT2D eigenvalue weighted by Gasteiger charge is 2.21. The number of urea groups is 1. The van der Waals surface area contributed by atoms with Gasteiger partial charge < -0.3 is 14.7 Å². The number of nitrogens with one attached hydrogen (secondary N) is 1. The van der Waals surface area contributed by atoms with Crippen molar-refractivity contribution in [3.05, 3.63) is 16.0 Å². The normalized spacial score (nSPS) is 10.1. The second-order valence-electron chi connectivity index (χ2n) is 4.47. The molecule has 0 fully saturated rings. The largest absolute Gasteiger partial charge is 0.478 e. The predicted molar refractivity (Wildman–Crippen MR) is 79.0 cm³/mol. The van der Waals surface area contributed by atoms with Crippen LogP contribution < -0.4 is 5.32 Å². The zero-order valence-corrected chi connectivity index (χ0v) is 13.2. The van der Waals surface area contributed by atoms with Crippen LogP contribution in [0.5, 0.6) is 0 Å². The second-order valence-corrected chi connectivity index (χ2v) is 5.70. The third-order valence-corrected chi connectivity index (χ3v) is 4.17. The van der Waals surface area contributed by atoms with E-state index in [1.807, 2.05) is 0 Å². The van der Waals surface area contributed by atoms with Crippen LogP contribution in [0.1, 0.15) is 27.2 Å². The highest BCUT2D eigenvalue weighted by atomic mass is 32.1. The van der Waals surface area contributed by atoms with Gasteiger partial charge in [-0.25, -0.2) is 9.59 Å². The van der Waals surface area contributed by atoms with E-state index in [1.54, 1.807) is 13.8 Å². The lowest BCUT2D eigenvalue weighted by atomic mass is 10.1. The third-order valence-electron chi connectivity index (χ3n) is 3.05. The van der Waals surface area contributed by atoms with Crippen LogP contribution >= 0.6 is 11.3 Å². The van der Waals surface area contributed by atoms with Crippen LogP contribution in [0.2, 0.25) is 0 Å². The summed E-state index contributed by atoms with van der Waals surface area (Å²) < 4.78 is 4.50. The molecule has 0 saturated carbocycles. The van der Waals surface area contributed by atoms with E-state index < -0.39 is 18.0 Å². The van der Waals surface area contributed by atoms with Crippen molar-refractivity contribution in [3.63, 3.8) is 0 Å². The van der Waals surface area contributed by atoms with Crippen molar-refractivity contribution in [2.45, 2.75) is 20.3 Å². The van der Waals surface area contributed by atoms with Crippen molar-refractivity contribution in [3.8, 4) is 0 Å². The Balaban J connectivity index is 2.77. The minimum atomic E-state index is -1.08. The van der Waals surface area contributed by atoms with Crippen molar-refractivity contribution in [1.82, 2.24) is 4.90 Å². The minimum absolute atomic E-state index is 0.0781. The number of hydrogen-bond acceptors (Lipinski definition) is 5. The Morgan fingerprint density at radius 1 is 1.33 bits per heavy atom. The number of carbonyl (C=O) groups excluding carboxylic acids is 2. The molecule has 116 valence electrons. The average Bonchev–Trinajstić information content (AvgIpc) is 2.70. The van der Waals surface area contributed by atoms with Gasteiger partial charge in [0.2, 0.25) is 0 Å². The first-order valence-electron chi connectivity index (χ1n) is 6.20. The molecule has 0 radical (unpaired) electrons. The van der Waals surface area contributed by atoms with E-state index in [0.717, 1.165) is 4.88 Å². The maximum absolute atomic E-state index is 12.0. The Morgan fingerprint density at radius 3 is 2.48 bits per heavy atom. The Morgan fingerprint density at radius 2 is 1.95 bits per heavy atom. The number of thiophene rings is 1. The molecule has 0 aromatic carbocycles. The van der Waals surface area contributed by atoms with Gasteiger partial charge >= 0.3 is 18.0 Å². The molecule has 1 aromatic heterocycles. The molecule has 0 saturated heterocycles. The summed E-state index contributed by atoms with van der Waals surface area (Å²) in [4.78, 5) is 36.4. The number of amides is 2. The number of rotatable bonds is 5. The molecule has 0 aliphatic carbocycles. The van der Waals surface area contributed by atoms with Gasteiger partial charge in [0.25, 0.3) is 0 Å². The van der Waals surface area contributed by atoms with Crippen LogP contribution in [-0.2, 0) is 9.53 Å². The minimum Gasteiger partial charge on any atom is -0.478 e. The van der Waals surface area contributed by atoms with Crippen LogP contribution in [-0.4, -0.2) is 48.7 Å². The van der Waals surface area contributed by atoms with Crippen LogP contribution in [0.3, 0.4) is 0 Å². The number of anilines is 1. The summed E-state index contributed by atoms with van der Waals surface area (Å²) in [7, 11) is 2.80. The topological polar surface area (TPSA) is 95.9 Å². The summed E-state index contributed by atoms with van der Waals surface area (Å²) in [6.07, 6.45) is 0.0781. The molecular formula is C13H18N2O5S. The Hall–Kier alpha value is -2.09. The summed E-state index contributed by atoms with van der Waals surface area (Å²) in [5.41, 5.74) is 0.743. The number of nitrogens with zero attached hydrogens (tertiary/aromatic N) is 1. The van der Waals surface area contributed by atoms with Gasteiger partial charge in [-0.3, -0.25) is 10.1 Å². The number of carbonyl (C=O) groups is 3. The van der Waals surface area contributed by atoms with Crippen LogP contribution in [0.25, 0.3) is 0 Å². The molecule has 1 heterocycles.